The SMILES string of the molecule is CCOP(=O)(O)C[C@@H](OCn1cc(C)c(=O)[nH]c1=O)[C@H](C)O. The molecule has 1 aromatic rings. The van der Waals surface area contributed by atoms with E-state index in [0.29, 0.717) is 5.56 Å². The minimum atomic E-state index is -3.88. The fourth-order valence-corrected chi connectivity index (χ4v) is 3.09. The third kappa shape index (κ3) is 5.51. The number of aryl methyl sites for hydroxylation is 1. The molecule has 1 heterocycles. The molecule has 0 saturated heterocycles. The van der Waals surface area contributed by atoms with E-state index in [-0.39, 0.29) is 13.3 Å². The average Bonchev–Trinajstić information content (AvgIpc) is 2.39. The minimum absolute atomic E-state index is 0.0544. The summed E-state index contributed by atoms with van der Waals surface area (Å²) >= 11 is 0. The fourth-order valence-electron chi connectivity index (χ4n) is 1.72. The number of hydrogen-bond donors (Lipinski definition) is 3. The molecule has 0 aliphatic rings. The van der Waals surface area contributed by atoms with Crippen LogP contribution >= 0.6 is 7.60 Å². The first-order valence-electron chi connectivity index (χ1n) is 6.72. The van der Waals surface area contributed by atoms with Gasteiger partial charge in [0, 0.05) is 11.8 Å². The Morgan fingerprint density at radius 1 is 1.45 bits per heavy atom. The van der Waals surface area contributed by atoms with E-state index in [2.05, 4.69) is 4.98 Å². The van der Waals surface area contributed by atoms with Gasteiger partial charge < -0.3 is 19.3 Å². The Morgan fingerprint density at radius 3 is 2.64 bits per heavy atom. The van der Waals surface area contributed by atoms with Crippen LogP contribution in [-0.4, -0.2) is 44.5 Å². The molecule has 0 aliphatic carbocycles. The van der Waals surface area contributed by atoms with Crippen molar-refractivity contribution in [2.75, 3.05) is 12.8 Å². The monoisotopic (exact) mass is 336 g/mol. The molecule has 126 valence electrons. The van der Waals surface area contributed by atoms with Gasteiger partial charge in [-0.25, -0.2) is 4.79 Å². The van der Waals surface area contributed by atoms with Crippen LogP contribution in [0.5, 0.6) is 0 Å². The van der Waals surface area contributed by atoms with Crippen LogP contribution in [0.2, 0.25) is 0 Å². The Bertz CT molecular complexity index is 652. The number of aromatic nitrogens is 2. The lowest BCUT2D eigenvalue weighted by Crippen LogP contribution is -2.35. The van der Waals surface area contributed by atoms with Crippen molar-refractivity contribution in [3.63, 3.8) is 0 Å². The van der Waals surface area contributed by atoms with Crippen molar-refractivity contribution >= 4 is 7.60 Å². The molecular weight excluding hydrogens is 315 g/mol. The van der Waals surface area contributed by atoms with Gasteiger partial charge in [0.2, 0.25) is 0 Å². The van der Waals surface area contributed by atoms with E-state index in [1.807, 2.05) is 0 Å². The van der Waals surface area contributed by atoms with Gasteiger partial charge in [-0.1, -0.05) is 0 Å². The van der Waals surface area contributed by atoms with Crippen molar-refractivity contribution in [1.82, 2.24) is 9.55 Å². The standard InChI is InChI=1S/C12H21N2O7P/c1-4-21-22(18,19)6-10(9(3)15)20-7-14-5-8(2)11(16)13-12(14)17/h5,9-10,15H,4,6-7H2,1-3H3,(H,18,19)(H,13,16,17)/t9-,10+/m0/s1. The summed E-state index contributed by atoms with van der Waals surface area (Å²) in [4.78, 5) is 34.6. The van der Waals surface area contributed by atoms with Gasteiger partial charge in [-0.2, -0.15) is 0 Å². The molecule has 0 aliphatic heterocycles. The Labute approximate surface area is 127 Å². The number of ether oxygens (including phenoxy) is 1. The molecule has 0 fully saturated rings. The highest BCUT2D eigenvalue weighted by Gasteiger charge is 2.28. The van der Waals surface area contributed by atoms with Crippen molar-refractivity contribution in [2.45, 2.75) is 39.7 Å². The molecule has 0 radical (unpaired) electrons. The number of aliphatic hydroxyl groups is 1. The maximum Gasteiger partial charge on any atom is 0.330 e. The van der Waals surface area contributed by atoms with Crippen LogP contribution in [0.15, 0.2) is 15.8 Å². The summed E-state index contributed by atoms with van der Waals surface area (Å²) in [7, 11) is -3.88. The fraction of sp³-hybridized carbons (Fsp3) is 0.667. The second-order valence-corrected chi connectivity index (χ2v) is 6.75. The number of aromatic amines is 1. The van der Waals surface area contributed by atoms with Crippen LogP contribution in [0.4, 0.5) is 0 Å². The summed E-state index contributed by atoms with van der Waals surface area (Å²) in [6.07, 6.45) is -1.14. The molecule has 1 unspecified atom stereocenters. The van der Waals surface area contributed by atoms with Gasteiger partial charge in [0.25, 0.3) is 5.56 Å². The van der Waals surface area contributed by atoms with Gasteiger partial charge in [0.1, 0.15) is 6.73 Å². The lowest BCUT2D eigenvalue weighted by Gasteiger charge is -2.23. The normalized spacial score (nSPS) is 17.0. The highest BCUT2D eigenvalue weighted by atomic mass is 31.2. The van der Waals surface area contributed by atoms with Crippen LogP contribution in [0.25, 0.3) is 0 Å². The minimum Gasteiger partial charge on any atom is -0.391 e. The Hall–Kier alpha value is -1.25. The Balaban J connectivity index is 2.82. The quantitative estimate of drug-likeness (QED) is 0.560. The lowest BCUT2D eigenvalue weighted by atomic mass is 10.2. The molecule has 0 spiro atoms. The van der Waals surface area contributed by atoms with E-state index in [1.165, 1.54) is 20.0 Å². The largest absolute Gasteiger partial charge is 0.391 e. The molecule has 10 heteroatoms. The first kappa shape index (κ1) is 18.8. The summed E-state index contributed by atoms with van der Waals surface area (Å²) in [5, 5.41) is 9.63. The van der Waals surface area contributed by atoms with Crippen molar-refractivity contribution in [1.29, 1.82) is 0 Å². The topological polar surface area (TPSA) is 131 Å². The van der Waals surface area contributed by atoms with Gasteiger partial charge >= 0.3 is 13.3 Å². The van der Waals surface area contributed by atoms with E-state index in [0.717, 1.165) is 4.57 Å². The van der Waals surface area contributed by atoms with E-state index < -0.39 is 37.2 Å². The maximum absolute atomic E-state index is 11.7. The van der Waals surface area contributed by atoms with Crippen LogP contribution in [0.3, 0.4) is 0 Å². The molecule has 22 heavy (non-hydrogen) atoms. The molecular formula is C12H21N2O7P. The maximum atomic E-state index is 11.7. The highest BCUT2D eigenvalue weighted by Crippen LogP contribution is 2.43. The van der Waals surface area contributed by atoms with Gasteiger partial charge in [0.05, 0.1) is 25.0 Å². The van der Waals surface area contributed by atoms with Crippen LogP contribution in [0, 0.1) is 6.92 Å². The van der Waals surface area contributed by atoms with E-state index in [9.17, 15) is 24.2 Å². The molecule has 9 nitrogen and oxygen atoms in total. The molecule has 1 aromatic heterocycles. The number of hydrogen-bond acceptors (Lipinski definition) is 6. The summed E-state index contributed by atoms with van der Waals surface area (Å²) < 4.78 is 22.9. The third-order valence-corrected chi connectivity index (χ3v) is 4.38. The zero-order valence-corrected chi connectivity index (χ0v) is 13.6. The Kier molecular flexibility index (Phi) is 6.70. The van der Waals surface area contributed by atoms with Crippen molar-refractivity contribution in [3.8, 4) is 0 Å². The van der Waals surface area contributed by atoms with Crippen molar-refractivity contribution in [3.05, 3.63) is 32.6 Å². The summed E-state index contributed by atoms with van der Waals surface area (Å²) in [5.74, 6) is 0. The smallest absolute Gasteiger partial charge is 0.330 e. The summed E-state index contributed by atoms with van der Waals surface area (Å²) in [5.41, 5.74) is -0.847. The first-order valence-corrected chi connectivity index (χ1v) is 8.49. The highest BCUT2D eigenvalue weighted by molar-refractivity contribution is 7.52. The predicted octanol–water partition coefficient (Wildman–Crippen LogP) is -0.210. The van der Waals surface area contributed by atoms with Crippen LogP contribution < -0.4 is 11.2 Å². The van der Waals surface area contributed by atoms with E-state index in [4.69, 9.17) is 9.26 Å². The number of aliphatic hydroxyl groups excluding tert-OH is 1. The van der Waals surface area contributed by atoms with Gasteiger partial charge in [-0.05, 0) is 20.8 Å². The second kappa shape index (κ2) is 7.85. The number of rotatable bonds is 8. The molecule has 1 rings (SSSR count). The number of H-pyrrole nitrogens is 1. The Morgan fingerprint density at radius 2 is 2.09 bits per heavy atom. The van der Waals surface area contributed by atoms with Crippen molar-refractivity contribution in [2.24, 2.45) is 0 Å². The van der Waals surface area contributed by atoms with Gasteiger partial charge in [0.15, 0.2) is 0 Å². The molecule has 0 amide bonds. The number of nitrogens with zero attached hydrogens (tertiary/aromatic N) is 1. The third-order valence-electron chi connectivity index (χ3n) is 2.90. The molecule has 0 saturated carbocycles. The van der Waals surface area contributed by atoms with E-state index >= 15 is 0 Å². The molecule has 0 aromatic carbocycles. The van der Waals surface area contributed by atoms with E-state index in [1.54, 1.807) is 6.92 Å². The molecule has 0 bridgehead atoms. The summed E-state index contributed by atoms with van der Waals surface area (Å²) in [6.45, 7) is 4.27. The van der Waals surface area contributed by atoms with Gasteiger partial charge in [-0.15, -0.1) is 0 Å². The van der Waals surface area contributed by atoms with Crippen molar-refractivity contribution < 1.29 is 23.8 Å². The van der Waals surface area contributed by atoms with Crippen LogP contribution in [0.1, 0.15) is 19.4 Å². The summed E-state index contributed by atoms with van der Waals surface area (Å²) in [6, 6.07) is 0. The zero-order valence-electron chi connectivity index (χ0n) is 12.7. The number of nitrogens with one attached hydrogen (secondary N) is 1. The first-order chi connectivity index (χ1) is 10.2. The van der Waals surface area contributed by atoms with Gasteiger partial charge in [-0.3, -0.25) is 18.9 Å². The molecule has 3 N–H and O–H groups in total. The van der Waals surface area contributed by atoms with Crippen LogP contribution in [-0.2, 0) is 20.6 Å². The average molecular weight is 336 g/mol. The predicted molar refractivity (Wildman–Crippen MR) is 78.9 cm³/mol. The second-order valence-electron chi connectivity index (χ2n) is 4.85. The zero-order chi connectivity index (χ0) is 16.9. The lowest BCUT2D eigenvalue weighted by molar-refractivity contribution is -0.0498. The molecule has 3 atom stereocenters.